The number of hydrogen-bond donors (Lipinski definition) is 2. The maximum Gasteiger partial charge on any atom is 0.272 e. The average Bonchev–Trinajstić information content (AvgIpc) is 3.43. The van der Waals surface area contributed by atoms with Crippen molar-refractivity contribution >= 4 is 17.5 Å². The molecule has 0 unspecified atom stereocenters. The number of alkyl halides is 4. The zero-order valence-corrected chi connectivity index (χ0v) is 20.3. The molecule has 10 nitrogen and oxygen atoms in total. The molecule has 2 amide bonds. The molecule has 204 valence electrons. The molecule has 0 aromatic carbocycles. The van der Waals surface area contributed by atoms with Crippen LogP contribution in [-0.4, -0.2) is 49.1 Å². The van der Waals surface area contributed by atoms with Gasteiger partial charge in [0.25, 0.3) is 5.91 Å². The number of carbonyl (C=O) groups is 2. The monoisotopic (exact) mass is 537 g/mol. The van der Waals surface area contributed by atoms with Gasteiger partial charge in [0.15, 0.2) is 11.3 Å². The van der Waals surface area contributed by atoms with Crippen LogP contribution in [0.3, 0.4) is 0 Å². The van der Waals surface area contributed by atoms with Crippen LogP contribution in [0.4, 0.5) is 17.6 Å². The van der Waals surface area contributed by atoms with Crippen LogP contribution in [0.1, 0.15) is 90.8 Å². The van der Waals surface area contributed by atoms with Gasteiger partial charge in [0.2, 0.25) is 18.3 Å². The second kappa shape index (κ2) is 10.3. The van der Waals surface area contributed by atoms with E-state index in [1.807, 2.05) is 0 Å². The zero-order valence-electron chi connectivity index (χ0n) is 20.3. The van der Waals surface area contributed by atoms with Crippen LogP contribution in [0.15, 0.2) is 23.1 Å². The lowest BCUT2D eigenvalue weighted by atomic mass is 9.75. The van der Waals surface area contributed by atoms with Gasteiger partial charge < -0.3 is 11.1 Å². The molecule has 0 saturated heterocycles. The lowest BCUT2D eigenvalue weighted by Crippen LogP contribution is -2.30. The lowest BCUT2D eigenvalue weighted by Gasteiger charge is -2.32. The first-order chi connectivity index (χ1) is 18.1. The van der Waals surface area contributed by atoms with Crippen LogP contribution in [0.2, 0.25) is 0 Å². The first kappa shape index (κ1) is 26.0. The minimum atomic E-state index is -2.76. The Morgan fingerprint density at radius 2 is 1.89 bits per heavy atom. The number of nitrogens with one attached hydrogen (secondary N) is 1. The summed E-state index contributed by atoms with van der Waals surface area (Å²) < 4.78 is 59.2. The highest BCUT2D eigenvalue weighted by Gasteiger charge is 2.42. The summed E-state index contributed by atoms with van der Waals surface area (Å²) >= 11 is 0. The SMILES string of the molecule is NC(=O)c1nonc1[C@H](c1cn2ncc([C@H](NC(=O)CCC(F)F)C3CC3)cc2n1)C1CCC(F)(F)CC1. The first-order valence-corrected chi connectivity index (χ1v) is 12.5. The van der Waals surface area contributed by atoms with Crippen LogP contribution in [0.25, 0.3) is 5.65 Å². The van der Waals surface area contributed by atoms with E-state index in [0.29, 0.717) is 16.9 Å². The smallest absolute Gasteiger partial charge is 0.272 e. The van der Waals surface area contributed by atoms with Gasteiger partial charge in [-0.25, -0.2) is 31.7 Å². The third-order valence-electron chi connectivity index (χ3n) is 7.31. The second-order valence-electron chi connectivity index (χ2n) is 10.1. The van der Waals surface area contributed by atoms with E-state index in [0.717, 1.165) is 12.8 Å². The maximum absolute atomic E-state index is 13.9. The number of nitrogens with two attached hydrogens (primary N) is 1. The van der Waals surface area contributed by atoms with Crippen LogP contribution < -0.4 is 11.1 Å². The normalized spacial score (nSPS) is 19.5. The van der Waals surface area contributed by atoms with Crippen LogP contribution in [0.5, 0.6) is 0 Å². The summed E-state index contributed by atoms with van der Waals surface area (Å²) in [6.07, 6.45) is 1.35. The standard InChI is InChI=1S/C24H27F4N7O3/c25-16(26)3-4-18(36)32-20(13-1-2-13)14-9-17-31-15(11-35(17)30-10-14)19(12-5-7-24(27,28)8-6-12)21-22(23(29)37)34-38-33-21/h9-13,16,19-20H,1-8H2,(H2,29,37)(H,32,36)/t19-,20+/m0/s1. The summed E-state index contributed by atoms with van der Waals surface area (Å²) in [5.41, 5.74) is 6.95. The van der Waals surface area contributed by atoms with Crippen molar-refractivity contribution in [3.63, 3.8) is 0 Å². The van der Waals surface area contributed by atoms with E-state index in [1.165, 1.54) is 4.52 Å². The fourth-order valence-electron chi connectivity index (χ4n) is 5.19. The molecular formula is C24H27F4N7O3. The number of hydrogen-bond acceptors (Lipinski definition) is 7. The number of primary amides is 1. The molecule has 5 rings (SSSR count). The number of aromatic nitrogens is 5. The molecule has 0 spiro atoms. The molecule has 3 aromatic heterocycles. The third kappa shape index (κ3) is 5.63. The molecule has 0 bridgehead atoms. The fraction of sp³-hybridized carbons (Fsp3) is 0.583. The van der Waals surface area contributed by atoms with Crippen molar-refractivity contribution in [2.45, 2.75) is 75.7 Å². The number of fused-ring (bicyclic) bond motifs is 1. The Labute approximate surface area is 214 Å². The van der Waals surface area contributed by atoms with Gasteiger partial charge in [-0.15, -0.1) is 0 Å². The molecule has 3 N–H and O–H groups in total. The van der Waals surface area contributed by atoms with E-state index >= 15 is 0 Å². The Morgan fingerprint density at radius 1 is 1.16 bits per heavy atom. The van der Waals surface area contributed by atoms with Crippen LogP contribution >= 0.6 is 0 Å². The highest BCUT2D eigenvalue weighted by molar-refractivity contribution is 5.91. The van der Waals surface area contributed by atoms with Gasteiger partial charge in [0.1, 0.15) is 5.69 Å². The third-order valence-corrected chi connectivity index (χ3v) is 7.31. The van der Waals surface area contributed by atoms with Crippen molar-refractivity contribution in [1.29, 1.82) is 0 Å². The number of carbonyl (C=O) groups excluding carboxylic acids is 2. The molecule has 38 heavy (non-hydrogen) atoms. The van der Waals surface area contributed by atoms with E-state index in [2.05, 4.69) is 25.7 Å². The van der Waals surface area contributed by atoms with Crippen molar-refractivity contribution in [1.82, 2.24) is 30.2 Å². The van der Waals surface area contributed by atoms with Crippen LogP contribution in [0, 0.1) is 11.8 Å². The molecule has 14 heteroatoms. The largest absolute Gasteiger partial charge is 0.364 e. The molecule has 3 heterocycles. The maximum atomic E-state index is 13.9. The number of imidazole rings is 1. The van der Waals surface area contributed by atoms with E-state index in [1.54, 1.807) is 18.5 Å². The second-order valence-corrected chi connectivity index (χ2v) is 10.1. The Hall–Kier alpha value is -3.58. The molecule has 2 atom stereocenters. The molecular weight excluding hydrogens is 510 g/mol. The first-order valence-electron chi connectivity index (χ1n) is 12.5. The Morgan fingerprint density at radius 3 is 2.55 bits per heavy atom. The zero-order chi connectivity index (χ0) is 27.0. The number of amides is 2. The molecule has 0 aliphatic heterocycles. The Bertz CT molecular complexity index is 1310. The molecule has 2 fully saturated rings. The van der Waals surface area contributed by atoms with Gasteiger partial charge in [-0.1, -0.05) is 5.16 Å². The predicted molar refractivity (Wildman–Crippen MR) is 123 cm³/mol. The van der Waals surface area contributed by atoms with Crippen LogP contribution in [-0.2, 0) is 4.79 Å². The van der Waals surface area contributed by atoms with E-state index in [-0.39, 0.29) is 55.3 Å². The number of nitrogens with zero attached hydrogens (tertiary/aromatic N) is 5. The summed E-state index contributed by atoms with van der Waals surface area (Å²) in [7, 11) is 0. The van der Waals surface area contributed by atoms with Gasteiger partial charge in [0, 0.05) is 25.7 Å². The van der Waals surface area contributed by atoms with Gasteiger partial charge in [-0.2, -0.15) is 5.10 Å². The summed E-state index contributed by atoms with van der Waals surface area (Å²) in [6, 6.07) is 1.35. The minimum absolute atomic E-state index is 0.137. The van der Waals surface area contributed by atoms with Crippen molar-refractivity contribution < 1.29 is 31.8 Å². The van der Waals surface area contributed by atoms with Gasteiger partial charge in [0.05, 0.1) is 30.0 Å². The quantitative estimate of drug-likeness (QED) is 0.375. The summed E-state index contributed by atoms with van der Waals surface area (Å²) in [5, 5.41) is 14.8. The molecule has 2 saturated carbocycles. The molecule has 2 aliphatic rings. The van der Waals surface area contributed by atoms with Gasteiger partial charge >= 0.3 is 0 Å². The number of halogens is 4. The highest BCUT2D eigenvalue weighted by Crippen LogP contribution is 2.45. The van der Waals surface area contributed by atoms with Crippen molar-refractivity contribution in [2.24, 2.45) is 17.6 Å². The topological polar surface area (TPSA) is 141 Å². The summed E-state index contributed by atoms with van der Waals surface area (Å²) in [5.74, 6) is -4.91. The Balaban J connectivity index is 1.46. The number of rotatable bonds is 10. The van der Waals surface area contributed by atoms with E-state index in [9.17, 15) is 27.2 Å². The summed E-state index contributed by atoms with van der Waals surface area (Å²) in [6.45, 7) is 0. The average molecular weight is 538 g/mol. The van der Waals surface area contributed by atoms with Gasteiger partial charge in [-0.05, 0) is 54.3 Å². The molecule has 3 aromatic rings. The molecule has 2 aliphatic carbocycles. The minimum Gasteiger partial charge on any atom is -0.364 e. The van der Waals surface area contributed by atoms with E-state index < -0.39 is 42.5 Å². The van der Waals surface area contributed by atoms with Crippen molar-refractivity contribution in [2.75, 3.05) is 0 Å². The lowest BCUT2D eigenvalue weighted by molar-refractivity contribution is -0.122. The fourth-order valence-corrected chi connectivity index (χ4v) is 5.19. The van der Waals surface area contributed by atoms with Crippen molar-refractivity contribution in [3.05, 3.63) is 41.1 Å². The van der Waals surface area contributed by atoms with Gasteiger partial charge in [-0.3, -0.25) is 9.59 Å². The summed E-state index contributed by atoms with van der Waals surface area (Å²) in [4.78, 5) is 28.9. The Kier molecular flexibility index (Phi) is 7.05. The predicted octanol–water partition coefficient (Wildman–Crippen LogP) is 3.78. The van der Waals surface area contributed by atoms with E-state index in [4.69, 9.17) is 10.4 Å². The molecule has 0 radical (unpaired) electrons. The highest BCUT2D eigenvalue weighted by atomic mass is 19.3. The van der Waals surface area contributed by atoms with Crippen molar-refractivity contribution in [3.8, 4) is 0 Å².